The van der Waals surface area contributed by atoms with Crippen LogP contribution in [0.4, 0.5) is 0 Å². The Bertz CT molecular complexity index is 1070. The van der Waals surface area contributed by atoms with Crippen LogP contribution in [0.3, 0.4) is 0 Å². The predicted octanol–water partition coefficient (Wildman–Crippen LogP) is 11.5. The highest BCUT2D eigenvalue weighted by atomic mass is 16.6. The molecule has 8 nitrogen and oxygen atoms in total. The Hall–Kier alpha value is -2.71. The van der Waals surface area contributed by atoms with Crippen LogP contribution in [-0.2, 0) is 28.6 Å². The van der Waals surface area contributed by atoms with Gasteiger partial charge < -0.3 is 28.6 Å². The Morgan fingerprint density at radius 3 is 1.40 bits per heavy atom. The first kappa shape index (κ1) is 54.3. The molecule has 8 heteroatoms. The first-order valence-corrected chi connectivity index (χ1v) is 23.2. The molecule has 0 bridgehead atoms. The van der Waals surface area contributed by atoms with Crippen LogP contribution in [-0.4, -0.2) is 75.5 Å². The molecule has 0 saturated heterocycles. The summed E-state index contributed by atoms with van der Waals surface area (Å²) in [4.78, 5) is 36.9. The number of rotatable bonds is 41. The van der Waals surface area contributed by atoms with Crippen LogP contribution in [0.15, 0.2) is 48.6 Å². The Balaban J connectivity index is 4.34. The molecule has 0 rings (SSSR count). The smallest absolute Gasteiger partial charge is 0.306 e. The van der Waals surface area contributed by atoms with E-state index in [0.717, 1.165) is 77.0 Å². The molecule has 0 fully saturated rings. The van der Waals surface area contributed by atoms with Gasteiger partial charge >= 0.3 is 11.9 Å². The van der Waals surface area contributed by atoms with Gasteiger partial charge in [-0.15, -0.1) is 0 Å². The van der Waals surface area contributed by atoms with Crippen molar-refractivity contribution >= 4 is 17.9 Å². The SMILES string of the molecule is CCCCC/C=C/C/C=C/C/C=C/C/C=C/CCCCCCCC(=O)OC(COCCC(C(=O)[O-])[N+](C)(C)C)COC(=O)CCCCCCCCCCCCCC. The van der Waals surface area contributed by atoms with E-state index in [2.05, 4.69) is 62.5 Å². The van der Waals surface area contributed by atoms with Gasteiger partial charge in [0.25, 0.3) is 0 Å². The molecule has 0 amide bonds. The average molecular weight is 802 g/mol. The summed E-state index contributed by atoms with van der Waals surface area (Å²) in [5.41, 5.74) is 0. The number of ether oxygens (including phenoxy) is 3. The van der Waals surface area contributed by atoms with E-state index in [4.69, 9.17) is 14.2 Å². The monoisotopic (exact) mass is 802 g/mol. The molecule has 0 aliphatic carbocycles. The third-order valence-electron chi connectivity index (χ3n) is 10.2. The molecular weight excluding hydrogens is 715 g/mol. The summed E-state index contributed by atoms with van der Waals surface area (Å²) in [6, 6.07) is -0.729. The number of carboxylic acid groups (broad SMARTS) is 1. The van der Waals surface area contributed by atoms with Crippen molar-refractivity contribution in [1.82, 2.24) is 0 Å². The highest BCUT2D eigenvalue weighted by Crippen LogP contribution is 2.14. The summed E-state index contributed by atoms with van der Waals surface area (Å²) < 4.78 is 17.2. The standard InChI is InChI=1S/C49H87NO7/c1-6-8-10-12-14-16-18-20-21-22-23-24-25-26-27-28-30-32-34-36-38-40-48(52)57-45(43-55-42-41-46(49(53)54)50(3,4)5)44-56-47(51)39-37-35-33-31-29-19-17-15-13-11-9-7-2/h14,16,20-21,23-24,26-27,45-46H,6-13,15,17-19,22,25,28-44H2,1-5H3/b16-14+,21-20+,24-23+,27-26+. The fourth-order valence-corrected chi connectivity index (χ4v) is 6.58. The highest BCUT2D eigenvalue weighted by Gasteiger charge is 2.25. The summed E-state index contributed by atoms with van der Waals surface area (Å²) in [7, 11) is 5.40. The van der Waals surface area contributed by atoms with Gasteiger partial charge in [-0.3, -0.25) is 9.59 Å². The van der Waals surface area contributed by atoms with Gasteiger partial charge in [-0.2, -0.15) is 0 Å². The number of likely N-dealkylation sites (N-methyl/N-ethyl adjacent to an activating group) is 1. The largest absolute Gasteiger partial charge is 0.544 e. The van der Waals surface area contributed by atoms with Gasteiger partial charge in [0.05, 0.1) is 40.3 Å². The van der Waals surface area contributed by atoms with Gasteiger partial charge in [0.1, 0.15) is 12.6 Å². The lowest BCUT2D eigenvalue weighted by Gasteiger charge is -2.34. The van der Waals surface area contributed by atoms with E-state index >= 15 is 0 Å². The zero-order chi connectivity index (χ0) is 42.1. The number of nitrogens with zero attached hydrogens (tertiary/aromatic N) is 1. The number of carbonyl (C=O) groups is 3. The lowest BCUT2D eigenvalue weighted by atomic mass is 10.0. The lowest BCUT2D eigenvalue weighted by Crippen LogP contribution is -2.55. The summed E-state index contributed by atoms with van der Waals surface area (Å²) >= 11 is 0. The van der Waals surface area contributed by atoms with Gasteiger partial charge in [0.2, 0.25) is 0 Å². The zero-order valence-corrected chi connectivity index (χ0v) is 37.5. The number of unbranched alkanes of at least 4 members (excludes halogenated alkanes) is 19. The average Bonchev–Trinajstić information content (AvgIpc) is 3.17. The molecule has 0 saturated carbocycles. The molecule has 0 aromatic rings. The van der Waals surface area contributed by atoms with Gasteiger partial charge in [-0.1, -0.05) is 165 Å². The summed E-state index contributed by atoms with van der Waals surface area (Å²) in [6.45, 7) is 4.61. The summed E-state index contributed by atoms with van der Waals surface area (Å²) in [5.74, 6) is -1.76. The van der Waals surface area contributed by atoms with Gasteiger partial charge in [0.15, 0.2) is 6.10 Å². The zero-order valence-electron chi connectivity index (χ0n) is 37.5. The van der Waals surface area contributed by atoms with Crippen molar-refractivity contribution in [2.45, 2.75) is 206 Å². The number of hydrogen-bond donors (Lipinski definition) is 0. The minimum atomic E-state index is -1.13. The molecule has 57 heavy (non-hydrogen) atoms. The predicted molar refractivity (Wildman–Crippen MR) is 236 cm³/mol. The van der Waals surface area contributed by atoms with Gasteiger partial charge in [-0.05, 0) is 57.8 Å². The second kappa shape index (κ2) is 40.1. The molecule has 0 aliphatic rings. The minimum absolute atomic E-state index is 0.0337. The van der Waals surface area contributed by atoms with E-state index in [1.807, 2.05) is 0 Å². The molecule has 0 aromatic heterocycles. The van der Waals surface area contributed by atoms with Crippen LogP contribution < -0.4 is 5.11 Å². The third-order valence-corrected chi connectivity index (χ3v) is 10.2. The Kier molecular flexibility index (Phi) is 38.2. The van der Waals surface area contributed by atoms with E-state index in [1.165, 1.54) is 83.5 Å². The van der Waals surface area contributed by atoms with Crippen molar-refractivity contribution in [1.29, 1.82) is 0 Å². The number of esters is 2. The quantitative estimate of drug-likeness (QED) is 0.0262. The third kappa shape index (κ3) is 38.6. The second-order valence-corrected chi connectivity index (χ2v) is 16.6. The Morgan fingerprint density at radius 1 is 0.526 bits per heavy atom. The van der Waals surface area contributed by atoms with Crippen LogP contribution in [0.2, 0.25) is 0 Å². The number of quaternary nitrogens is 1. The molecule has 0 aliphatic heterocycles. The van der Waals surface area contributed by atoms with Gasteiger partial charge in [0, 0.05) is 19.3 Å². The van der Waals surface area contributed by atoms with Crippen molar-refractivity contribution < 1.29 is 38.2 Å². The van der Waals surface area contributed by atoms with E-state index in [-0.39, 0.29) is 42.7 Å². The maximum absolute atomic E-state index is 12.7. The van der Waals surface area contributed by atoms with E-state index < -0.39 is 18.1 Å². The topological polar surface area (TPSA) is 102 Å². The van der Waals surface area contributed by atoms with Crippen molar-refractivity contribution in [2.24, 2.45) is 0 Å². The molecule has 0 aromatic carbocycles. The van der Waals surface area contributed by atoms with E-state index in [1.54, 1.807) is 21.1 Å². The number of carboxylic acids is 1. The molecule has 330 valence electrons. The van der Waals surface area contributed by atoms with Crippen molar-refractivity contribution in [3.63, 3.8) is 0 Å². The fraction of sp³-hybridized carbons (Fsp3) is 0.776. The molecule has 0 heterocycles. The summed E-state index contributed by atoms with van der Waals surface area (Å²) in [5, 5.41) is 11.6. The first-order chi connectivity index (χ1) is 27.6. The molecule has 0 spiro atoms. The molecule has 0 radical (unpaired) electrons. The molecule has 0 N–H and O–H groups in total. The number of aliphatic carboxylic acids is 1. The summed E-state index contributed by atoms with van der Waals surface area (Å²) in [6.07, 6.45) is 47.0. The maximum atomic E-state index is 12.7. The van der Waals surface area contributed by atoms with Crippen molar-refractivity contribution in [2.75, 3.05) is 41.0 Å². The lowest BCUT2D eigenvalue weighted by molar-refractivity contribution is -0.889. The van der Waals surface area contributed by atoms with Crippen LogP contribution in [0.5, 0.6) is 0 Å². The minimum Gasteiger partial charge on any atom is -0.544 e. The Morgan fingerprint density at radius 2 is 0.930 bits per heavy atom. The maximum Gasteiger partial charge on any atom is 0.306 e. The number of allylic oxidation sites excluding steroid dienone is 8. The van der Waals surface area contributed by atoms with E-state index in [0.29, 0.717) is 12.8 Å². The van der Waals surface area contributed by atoms with Gasteiger partial charge in [-0.25, -0.2) is 0 Å². The molecule has 2 unspecified atom stereocenters. The van der Waals surface area contributed by atoms with Crippen LogP contribution in [0.1, 0.15) is 194 Å². The first-order valence-electron chi connectivity index (χ1n) is 23.2. The molecule has 2 atom stereocenters. The number of hydrogen-bond acceptors (Lipinski definition) is 7. The highest BCUT2D eigenvalue weighted by molar-refractivity contribution is 5.70. The van der Waals surface area contributed by atoms with Crippen LogP contribution in [0.25, 0.3) is 0 Å². The van der Waals surface area contributed by atoms with Crippen molar-refractivity contribution in [3.05, 3.63) is 48.6 Å². The second-order valence-electron chi connectivity index (χ2n) is 16.6. The Labute approximate surface area is 350 Å². The van der Waals surface area contributed by atoms with Crippen LogP contribution >= 0.6 is 0 Å². The van der Waals surface area contributed by atoms with E-state index in [9.17, 15) is 19.5 Å². The van der Waals surface area contributed by atoms with Crippen LogP contribution in [0, 0.1) is 0 Å². The molecular formula is C49H87NO7. The fourth-order valence-electron chi connectivity index (χ4n) is 6.58. The number of carbonyl (C=O) groups excluding carboxylic acids is 3. The normalized spacial score (nSPS) is 13.4. The van der Waals surface area contributed by atoms with Crippen molar-refractivity contribution in [3.8, 4) is 0 Å².